The van der Waals surface area contributed by atoms with E-state index in [1.807, 2.05) is 0 Å². The van der Waals surface area contributed by atoms with E-state index in [9.17, 15) is 0 Å². The molecule has 1 N–H and O–H groups in total. The van der Waals surface area contributed by atoms with Gasteiger partial charge >= 0.3 is 0 Å². The summed E-state index contributed by atoms with van der Waals surface area (Å²) >= 11 is 0. The van der Waals surface area contributed by atoms with Gasteiger partial charge in [-0.15, -0.1) is 0 Å². The molecule has 2 heteroatoms. The van der Waals surface area contributed by atoms with Crippen LogP contribution in [0.4, 0.5) is 0 Å². The van der Waals surface area contributed by atoms with Crippen molar-refractivity contribution in [3.05, 3.63) is 0 Å². The first-order valence-corrected chi connectivity index (χ1v) is 6.05. The highest BCUT2D eigenvalue weighted by Gasteiger charge is 2.12. The van der Waals surface area contributed by atoms with Gasteiger partial charge in [-0.1, -0.05) is 26.2 Å². The molecular weight excluding hydrogens is 174 g/mol. The Hall–Kier alpha value is -0.0800. The Balaban J connectivity index is 3.35. The van der Waals surface area contributed by atoms with Crippen molar-refractivity contribution < 1.29 is 9.59 Å². The molecule has 0 rings (SSSR count). The fourth-order valence-corrected chi connectivity index (χ4v) is 1.75. The third-order valence-corrected chi connectivity index (χ3v) is 2.79. The molecule has 0 spiro atoms. The smallest absolute Gasteiger partial charge is 0.0804 e. The minimum atomic E-state index is 0.331. The molecule has 0 aromatic heterocycles. The number of nitrogens with zero attached hydrogens (tertiary/aromatic N) is 1. The lowest BCUT2D eigenvalue weighted by Gasteiger charge is -2.29. The molecule has 0 aliphatic heterocycles. The van der Waals surface area contributed by atoms with E-state index in [1.54, 1.807) is 0 Å². The molecule has 0 saturated heterocycles. The minimum absolute atomic E-state index is 0.331. The Morgan fingerprint density at radius 2 is 1.43 bits per heavy atom. The first kappa shape index (κ1) is 13.9. The first-order valence-electron chi connectivity index (χ1n) is 6.05. The highest BCUT2D eigenvalue weighted by Crippen LogP contribution is 2.07. The van der Waals surface area contributed by atoms with Gasteiger partial charge in [-0.05, 0) is 12.8 Å². The van der Waals surface area contributed by atoms with Crippen molar-refractivity contribution in [3.63, 3.8) is 0 Å². The van der Waals surface area contributed by atoms with Crippen LogP contribution in [0, 0.1) is 0 Å². The summed E-state index contributed by atoms with van der Waals surface area (Å²) in [5.74, 6) is 0. The van der Waals surface area contributed by atoms with E-state index in [2.05, 4.69) is 21.0 Å². The van der Waals surface area contributed by atoms with E-state index < -0.39 is 0 Å². The van der Waals surface area contributed by atoms with Crippen molar-refractivity contribution in [1.29, 1.82) is 0 Å². The SMILES string of the molecule is CCCCCCC[N+](C)(C)CCCO. The van der Waals surface area contributed by atoms with Crippen LogP contribution in [-0.4, -0.2) is 43.4 Å². The number of aliphatic hydroxyl groups is 1. The van der Waals surface area contributed by atoms with Crippen molar-refractivity contribution in [2.45, 2.75) is 45.4 Å². The predicted molar refractivity (Wildman–Crippen MR) is 62.3 cm³/mol. The van der Waals surface area contributed by atoms with Gasteiger partial charge < -0.3 is 9.59 Å². The molecular formula is C12H28NO+. The molecule has 0 fully saturated rings. The Morgan fingerprint density at radius 3 is 2.00 bits per heavy atom. The normalized spacial score (nSPS) is 12.0. The van der Waals surface area contributed by atoms with Crippen molar-refractivity contribution in [2.24, 2.45) is 0 Å². The van der Waals surface area contributed by atoms with Crippen LogP contribution in [0.15, 0.2) is 0 Å². The van der Waals surface area contributed by atoms with Gasteiger partial charge in [-0.3, -0.25) is 0 Å². The van der Waals surface area contributed by atoms with Gasteiger partial charge in [0.25, 0.3) is 0 Å². The Morgan fingerprint density at radius 1 is 0.857 bits per heavy atom. The molecule has 2 nitrogen and oxygen atoms in total. The molecule has 86 valence electrons. The van der Waals surface area contributed by atoms with Gasteiger partial charge in [0.1, 0.15) is 0 Å². The topological polar surface area (TPSA) is 20.2 Å². The zero-order chi connectivity index (χ0) is 10.9. The molecule has 0 bridgehead atoms. The number of aliphatic hydroxyl groups excluding tert-OH is 1. The van der Waals surface area contributed by atoms with Crippen LogP contribution in [0.2, 0.25) is 0 Å². The molecule has 0 aromatic rings. The average molecular weight is 202 g/mol. The summed E-state index contributed by atoms with van der Waals surface area (Å²) in [6.07, 6.45) is 7.72. The van der Waals surface area contributed by atoms with Crippen molar-refractivity contribution >= 4 is 0 Å². The summed E-state index contributed by atoms with van der Waals surface area (Å²) in [4.78, 5) is 0. The summed E-state index contributed by atoms with van der Waals surface area (Å²) in [5.41, 5.74) is 0. The van der Waals surface area contributed by atoms with E-state index >= 15 is 0 Å². The number of hydrogen-bond donors (Lipinski definition) is 1. The quantitative estimate of drug-likeness (QED) is 0.450. The molecule has 0 unspecified atom stereocenters. The van der Waals surface area contributed by atoms with Gasteiger partial charge in [-0.25, -0.2) is 0 Å². The zero-order valence-corrected chi connectivity index (χ0v) is 10.3. The molecule has 0 aliphatic carbocycles. The molecule has 0 radical (unpaired) electrons. The maximum Gasteiger partial charge on any atom is 0.0804 e. The van der Waals surface area contributed by atoms with E-state index in [4.69, 9.17) is 5.11 Å². The van der Waals surface area contributed by atoms with Crippen LogP contribution in [0.3, 0.4) is 0 Å². The van der Waals surface area contributed by atoms with Gasteiger partial charge in [0.05, 0.1) is 27.2 Å². The molecule has 0 atom stereocenters. The summed E-state index contributed by atoms with van der Waals surface area (Å²) in [5, 5.41) is 8.76. The van der Waals surface area contributed by atoms with Gasteiger partial charge in [0.15, 0.2) is 0 Å². The van der Waals surface area contributed by atoms with Gasteiger partial charge in [-0.2, -0.15) is 0 Å². The van der Waals surface area contributed by atoms with E-state index in [-0.39, 0.29) is 0 Å². The summed E-state index contributed by atoms with van der Waals surface area (Å²) in [6.45, 7) is 4.94. The minimum Gasteiger partial charge on any atom is -0.396 e. The second-order valence-electron chi connectivity index (χ2n) is 4.87. The van der Waals surface area contributed by atoms with Crippen LogP contribution >= 0.6 is 0 Å². The fraction of sp³-hybridized carbons (Fsp3) is 1.00. The van der Waals surface area contributed by atoms with Crippen LogP contribution in [0.5, 0.6) is 0 Å². The van der Waals surface area contributed by atoms with E-state index in [0.717, 1.165) is 17.4 Å². The number of quaternary nitrogens is 1. The zero-order valence-electron chi connectivity index (χ0n) is 10.3. The molecule has 0 saturated carbocycles. The molecule has 0 amide bonds. The van der Waals surface area contributed by atoms with Gasteiger partial charge in [0, 0.05) is 13.0 Å². The monoisotopic (exact) mass is 202 g/mol. The molecule has 0 aliphatic rings. The molecule has 14 heavy (non-hydrogen) atoms. The summed E-state index contributed by atoms with van der Waals surface area (Å²) in [6, 6.07) is 0. The van der Waals surface area contributed by atoms with Crippen LogP contribution < -0.4 is 0 Å². The van der Waals surface area contributed by atoms with Crippen molar-refractivity contribution in [2.75, 3.05) is 33.8 Å². The predicted octanol–water partition coefficient (Wildman–Crippen LogP) is 2.42. The second-order valence-corrected chi connectivity index (χ2v) is 4.87. The standard InChI is InChI=1S/C12H28NO/c1-4-5-6-7-8-10-13(2,3)11-9-12-14/h14H,4-12H2,1-3H3/q+1. The Labute approximate surface area is 89.5 Å². The lowest BCUT2D eigenvalue weighted by atomic mass is 10.1. The van der Waals surface area contributed by atoms with Crippen molar-refractivity contribution in [1.82, 2.24) is 0 Å². The number of hydrogen-bond acceptors (Lipinski definition) is 1. The average Bonchev–Trinajstić information content (AvgIpc) is 2.15. The largest absolute Gasteiger partial charge is 0.396 e. The maximum atomic E-state index is 8.76. The van der Waals surface area contributed by atoms with E-state index in [1.165, 1.54) is 38.6 Å². The Kier molecular flexibility index (Phi) is 8.20. The fourth-order valence-electron chi connectivity index (χ4n) is 1.75. The van der Waals surface area contributed by atoms with Crippen molar-refractivity contribution in [3.8, 4) is 0 Å². The third kappa shape index (κ3) is 8.52. The van der Waals surface area contributed by atoms with Crippen LogP contribution in [0.25, 0.3) is 0 Å². The second kappa shape index (κ2) is 8.25. The van der Waals surface area contributed by atoms with Gasteiger partial charge in [0.2, 0.25) is 0 Å². The maximum absolute atomic E-state index is 8.76. The van der Waals surface area contributed by atoms with E-state index in [0.29, 0.717) is 6.61 Å². The molecule has 0 aromatic carbocycles. The Bertz CT molecular complexity index is 123. The lowest BCUT2D eigenvalue weighted by molar-refractivity contribution is -0.890. The first-order chi connectivity index (χ1) is 6.62. The lowest BCUT2D eigenvalue weighted by Crippen LogP contribution is -2.41. The summed E-state index contributed by atoms with van der Waals surface area (Å²) in [7, 11) is 4.52. The summed E-state index contributed by atoms with van der Waals surface area (Å²) < 4.78 is 1.06. The highest BCUT2D eigenvalue weighted by molar-refractivity contribution is 4.43. The molecule has 0 heterocycles. The third-order valence-electron chi connectivity index (χ3n) is 2.79. The number of unbranched alkanes of at least 4 members (excludes halogenated alkanes) is 4. The number of rotatable bonds is 9. The van der Waals surface area contributed by atoms with Crippen LogP contribution in [0.1, 0.15) is 45.4 Å². The highest BCUT2D eigenvalue weighted by atomic mass is 16.3. The van der Waals surface area contributed by atoms with Crippen LogP contribution in [-0.2, 0) is 0 Å².